The molecule has 0 fully saturated rings. The fraction of sp³-hybridized carbons (Fsp3) is 0. The van der Waals surface area contributed by atoms with E-state index in [2.05, 4.69) is 31.2 Å². The van der Waals surface area contributed by atoms with Gasteiger partial charge in [0.05, 0.1) is 6.07 Å². The lowest BCUT2D eigenvalue weighted by molar-refractivity contribution is -0.402. The Labute approximate surface area is 99.5 Å². The summed E-state index contributed by atoms with van der Waals surface area (Å²) in [5, 5.41) is 26.9. The lowest BCUT2D eigenvalue weighted by Crippen LogP contribution is -1.90. The summed E-state index contributed by atoms with van der Waals surface area (Å²) >= 11 is 0. The van der Waals surface area contributed by atoms with Crippen LogP contribution in [0.5, 0.6) is 0 Å². The lowest BCUT2D eigenvalue weighted by Gasteiger charge is -1.86. The predicted molar refractivity (Wildman–Crippen MR) is 60.7 cm³/mol. The van der Waals surface area contributed by atoms with Crippen molar-refractivity contribution in [3.8, 4) is 0 Å². The Kier molecular flexibility index (Phi) is 3.39. The molecule has 2 aromatic heterocycles. The van der Waals surface area contributed by atoms with E-state index in [1.807, 2.05) is 0 Å². The van der Waals surface area contributed by atoms with Crippen molar-refractivity contribution in [3.63, 3.8) is 0 Å². The van der Waals surface area contributed by atoms with Crippen molar-refractivity contribution in [2.75, 3.05) is 5.43 Å². The standard InChI is InChI=1S/C8H7N7O3/c16-15(17)7-4-3-6(18-7)2-1-5-9-10-8-11-13-14-12-8/h1-5H,(H2,10,11,12,13,14)/b2-1+,9-5-. The van der Waals surface area contributed by atoms with Gasteiger partial charge in [0.15, 0.2) is 0 Å². The van der Waals surface area contributed by atoms with Gasteiger partial charge in [-0.1, -0.05) is 5.10 Å². The highest BCUT2D eigenvalue weighted by Gasteiger charge is 2.09. The van der Waals surface area contributed by atoms with Crippen LogP contribution in [-0.4, -0.2) is 31.8 Å². The molecule has 0 saturated heterocycles. The van der Waals surface area contributed by atoms with Crippen molar-refractivity contribution >= 4 is 24.1 Å². The van der Waals surface area contributed by atoms with Crippen LogP contribution in [0.3, 0.4) is 0 Å². The number of hydrogen-bond donors (Lipinski definition) is 2. The van der Waals surface area contributed by atoms with Crippen LogP contribution in [0.2, 0.25) is 0 Å². The highest BCUT2D eigenvalue weighted by Crippen LogP contribution is 2.16. The number of allylic oxidation sites excluding steroid dienone is 1. The first-order valence-electron chi connectivity index (χ1n) is 4.69. The zero-order chi connectivity index (χ0) is 12.8. The summed E-state index contributed by atoms with van der Waals surface area (Å²) in [7, 11) is 0. The minimum atomic E-state index is -0.608. The maximum absolute atomic E-state index is 10.4. The molecule has 0 atom stereocenters. The van der Waals surface area contributed by atoms with Crippen LogP contribution in [0.1, 0.15) is 5.76 Å². The molecule has 0 aromatic carbocycles. The SMILES string of the molecule is O=[N+]([O-])c1ccc(/C=C/C=N\Nc2nn[nH]n2)o1. The van der Waals surface area contributed by atoms with Gasteiger partial charge in [0.2, 0.25) is 0 Å². The molecule has 2 heterocycles. The molecule has 0 spiro atoms. The van der Waals surface area contributed by atoms with Crippen LogP contribution in [0.25, 0.3) is 6.08 Å². The molecule has 0 aliphatic rings. The van der Waals surface area contributed by atoms with Gasteiger partial charge in [-0.05, 0) is 23.4 Å². The zero-order valence-corrected chi connectivity index (χ0v) is 8.85. The largest absolute Gasteiger partial charge is 0.433 e. The molecule has 2 rings (SSSR count). The monoisotopic (exact) mass is 249 g/mol. The van der Waals surface area contributed by atoms with E-state index >= 15 is 0 Å². The molecule has 0 unspecified atom stereocenters. The Bertz CT molecular complexity index is 571. The normalized spacial score (nSPS) is 11.3. The van der Waals surface area contributed by atoms with Crippen molar-refractivity contribution in [2.45, 2.75) is 0 Å². The average Bonchev–Trinajstić information content (AvgIpc) is 2.98. The van der Waals surface area contributed by atoms with E-state index < -0.39 is 4.92 Å². The van der Waals surface area contributed by atoms with E-state index in [0.29, 0.717) is 5.76 Å². The second-order valence-corrected chi connectivity index (χ2v) is 2.92. The quantitative estimate of drug-likeness (QED) is 0.454. The van der Waals surface area contributed by atoms with Crippen LogP contribution in [0.15, 0.2) is 27.7 Å². The number of aromatic nitrogens is 4. The predicted octanol–water partition coefficient (Wildman–Crippen LogP) is 0.812. The number of nitrogens with one attached hydrogen (secondary N) is 2. The molecule has 10 nitrogen and oxygen atoms in total. The fourth-order valence-electron chi connectivity index (χ4n) is 1.01. The molecule has 2 aromatic rings. The van der Waals surface area contributed by atoms with E-state index in [-0.39, 0.29) is 11.8 Å². The number of tetrazole rings is 1. The van der Waals surface area contributed by atoms with Gasteiger partial charge < -0.3 is 4.42 Å². The Morgan fingerprint density at radius 2 is 2.44 bits per heavy atom. The lowest BCUT2D eigenvalue weighted by atomic mass is 10.4. The number of rotatable bonds is 5. The molecule has 0 radical (unpaired) electrons. The Hall–Kier alpha value is -3.04. The summed E-state index contributed by atoms with van der Waals surface area (Å²) in [6.07, 6.45) is 4.47. The van der Waals surface area contributed by atoms with Gasteiger partial charge in [-0.15, -0.1) is 5.10 Å². The first kappa shape index (κ1) is 11.4. The van der Waals surface area contributed by atoms with Gasteiger partial charge >= 0.3 is 5.88 Å². The molecule has 0 amide bonds. The van der Waals surface area contributed by atoms with E-state index in [0.717, 1.165) is 0 Å². The maximum Gasteiger partial charge on any atom is 0.433 e. The molecule has 2 N–H and O–H groups in total. The molecule has 18 heavy (non-hydrogen) atoms. The number of furan rings is 1. The number of aromatic amines is 1. The highest BCUT2D eigenvalue weighted by molar-refractivity contribution is 5.77. The van der Waals surface area contributed by atoms with Crippen molar-refractivity contribution in [2.24, 2.45) is 5.10 Å². The van der Waals surface area contributed by atoms with Gasteiger partial charge in [-0.25, -0.2) is 5.43 Å². The van der Waals surface area contributed by atoms with E-state index in [1.165, 1.54) is 30.5 Å². The summed E-state index contributed by atoms with van der Waals surface area (Å²) in [6.45, 7) is 0. The van der Waals surface area contributed by atoms with Crippen molar-refractivity contribution in [1.29, 1.82) is 0 Å². The van der Waals surface area contributed by atoms with Gasteiger partial charge in [0.1, 0.15) is 10.7 Å². The summed E-state index contributed by atoms with van der Waals surface area (Å²) in [5.41, 5.74) is 2.50. The number of hydrogen-bond acceptors (Lipinski definition) is 8. The summed E-state index contributed by atoms with van der Waals surface area (Å²) in [6, 6.07) is 2.75. The minimum Gasteiger partial charge on any atom is -0.401 e. The Morgan fingerprint density at radius 3 is 3.11 bits per heavy atom. The summed E-state index contributed by atoms with van der Waals surface area (Å²) in [5.74, 6) is 0.275. The molecule has 92 valence electrons. The van der Waals surface area contributed by atoms with Gasteiger partial charge in [0, 0.05) is 6.21 Å². The molecule has 0 aliphatic carbocycles. The van der Waals surface area contributed by atoms with Crippen molar-refractivity contribution in [3.05, 3.63) is 34.1 Å². The topological polar surface area (TPSA) is 135 Å². The van der Waals surface area contributed by atoms with E-state index in [1.54, 1.807) is 0 Å². The molecular weight excluding hydrogens is 242 g/mol. The van der Waals surface area contributed by atoms with Crippen LogP contribution in [-0.2, 0) is 0 Å². The molecule has 0 saturated carbocycles. The minimum absolute atomic E-state index is 0.230. The second-order valence-electron chi connectivity index (χ2n) is 2.92. The second kappa shape index (κ2) is 5.34. The van der Waals surface area contributed by atoms with Crippen LogP contribution in [0, 0.1) is 10.1 Å². The molecular formula is C8H7N7O3. The Balaban J connectivity index is 1.86. The Morgan fingerprint density at radius 1 is 1.56 bits per heavy atom. The number of nitrogens with zero attached hydrogens (tertiary/aromatic N) is 5. The smallest absolute Gasteiger partial charge is 0.401 e. The number of hydrazone groups is 1. The number of H-pyrrole nitrogens is 1. The number of nitro groups is 1. The maximum atomic E-state index is 10.4. The number of anilines is 1. The van der Waals surface area contributed by atoms with Gasteiger partial charge in [-0.2, -0.15) is 10.3 Å². The van der Waals surface area contributed by atoms with E-state index in [9.17, 15) is 10.1 Å². The van der Waals surface area contributed by atoms with Crippen LogP contribution < -0.4 is 5.43 Å². The van der Waals surface area contributed by atoms with Gasteiger partial charge in [0.25, 0.3) is 5.95 Å². The summed E-state index contributed by atoms with van der Waals surface area (Å²) < 4.78 is 4.89. The summed E-state index contributed by atoms with van der Waals surface area (Å²) in [4.78, 5) is 9.74. The molecule has 0 bridgehead atoms. The first-order chi connectivity index (χ1) is 8.75. The van der Waals surface area contributed by atoms with Gasteiger partial charge in [-0.3, -0.25) is 10.1 Å². The van der Waals surface area contributed by atoms with Crippen molar-refractivity contribution < 1.29 is 9.34 Å². The first-order valence-corrected chi connectivity index (χ1v) is 4.69. The zero-order valence-electron chi connectivity index (χ0n) is 8.85. The molecule has 10 heteroatoms. The van der Waals surface area contributed by atoms with E-state index in [4.69, 9.17) is 4.42 Å². The van der Waals surface area contributed by atoms with Crippen LogP contribution in [0.4, 0.5) is 11.8 Å². The average molecular weight is 249 g/mol. The third-order valence-corrected chi connectivity index (χ3v) is 1.72. The van der Waals surface area contributed by atoms with Crippen LogP contribution >= 0.6 is 0 Å². The fourth-order valence-corrected chi connectivity index (χ4v) is 1.01. The van der Waals surface area contributed by atoms with Crippen molar-refractivity contribution in [1.82, 2.24) is 20.6 Å². The third kappa shape index (κ3) is 2.98. The highest BCUT2D eigenvalue weighted by atomic mass is 16.6. The molecule has 0 aliphatic heterocycles. The third-order valence-electron chi connectivity index (χ3n) is 1.72.